The SMILES string of the molecule is COC(=O)c1ccc(CO/N=C\c2ccc(N3CCOCC3)c([N+](=O)[O-])c2)cc1. The van der Waals surface area contributed by atoms with Gasteiger partial charge in [0.1, 0.15) is 12.3 Å². The third kappa shape index (κ3) is 5.29. The number of ether oxygens (including phenoxy) is 2. The Morgan fingerprint density at radius 3 is 2.62 bits per heavy atom. The average Bonchev–Trinajstić information content (AvgIpc) is 2.77. The van der Waals surface area contributed by atoms with Gasteiger partial charge in [-0.2, -0.15) is 0 Å². The van der Waals surface area contributed by atoms with Crippen molar-refractivity contribution in [2.24, 2.45) is 5.16 Å². The van der Waals surface area contributed by atoms with Gasteiger partial charge in [-0.25, -0.2) is 4.79 Å². The molecule has 9 heteroatoms. The van der Waals surface area contributed by atoms with Crippen LogP contribution in [0.3, 0.4) is 0 Å². The Morgan fingerprint density at radius 2 is 1.97 bits per heavy atom. The van der Waals surface area contributed by atoms with Crippen LogP contribution in [-0.2, 0) is 20.9 Å². The number of nitrogens with zero attached hydrogens (tertiary/aromatic N) is 3. The molecule has 1 aliphatic heterocycles. The van der Waals surface area contributed by atoms with Gasteiger partial charge in [-0.15, -0.1) is 0 Å². The number of rotatable bonds is 7. The molecule has 1 saturated heterocycles. The van der Waals surface area contributed by atoms with Crippen LogP contribution in [0.5, 0.6) is 0 Å². The molecule has 0 spiro atoms. The molecule has 9 nitrogen and oxygen atoms in total. The van der Waals surface area contributed by atoms with Gasteiger partial charge in [-0.1, -0.05) is 23.4 Å². The zero-order valence-electron chi connectivity index (χ0n) is 15.9. The fourth-order valence-electron chi connectivity index (χ4n) is 2.90. The van der Waals surface area contributed by atoms with E-state index in [1.165, 1.54) is 19.4 Å². The molecule has 0 amide bonds. The van der Waals surface area contributed by atoms with E-state index in [9.17, 15) is 14.9 Å². The molecule has 0 bridgehead atoms. The topological polar surface area (TPSA) is 104 Å². The highest BCUT2D eigenvalue weighted by Crippen LogP contribution is 2.29. The lowest BCUT2D eigenvalue weighted by atomic mass is 10.1. The molecular formula is C20H21N3O6. The van der Waals surface area contributed by atoms with Crippen molar-refractivity contribution in [1.29, 1.82) is 0 Å². The molecule has 2 aromatic carbocycles. The Labute approximate surface area is 167 Å². The normalized spacial score (nSPS) is 14.0. The van der Waals surface area contributed by atoms with Crippen molar-refractivity contribution in [3.63, 3.8) is 0 Å². The highest BCUT2D eigenvalue weighted by molar-refractivity contribution is 5.89. The molecule has 0 aliphatic carbocycles. The van der Waals surface area contributed by atoms with E-state index in [0.29, 0.717) is 43.1 Å². The smallest absolute Gasteiger partial charge is 0.337 e. The van der Waals surface area contributed by atoms with Crippen LogP contribution in [0.4, 0.5) is 11.4 Å². The van der Waals surface area contributed by atoms with Crippen molar-refractivity contribution in [3.05, 3.63) is 69.3 Å². The number of nitro benzene ring substituents is 1. The van der Waals surface area contributed by atoms with Crippen LogP contribution in [-0.4, -0.2) is 50.5 Å². The van der Waals surface area contributed by atoms with Gasteiger partial charge in [0.25, 0.3) is 5.69 Å². The van der Waals surface area contributed by atoms with E-state index >= 15 is 0 Å². The second-order valence-corrected chi connectivity index (χ2v) is 6.30. The summed E-state index contributed by atoms with van der Waals surface area (Å²) in [5.74, 6) is -0.405. The molecule has 0 atom stereocenters. The predicted molar refractivity (Wildman–Crippen MR) is 106 cm³/mol. The minimum atomic E-state index is -0.405. The Hall–Kier alpha value is -3.46. The third-order valence-corrected chi connectivity index (χ3v) is 4.43. The molecule has 152 valence electrons. The first-order chi connectivity index (χ1) is 14.1. The summed E-state index contributed by atoms with van der Waals surface area (Å²) in [6, 6.07) is 11.7. The van der Waals surface area contributed by atoms with Gasteiger partial charge >= 0.3 is 5.97 Å². The summed E-state index contributed by atoms with van der Waals surface area (Å²) < 4.78 is 9.95. The maximum atomic E-state index is 11.5. The van der Waals surface area contributed by atoms with E-state index in [1.54, 1.807) is 36.4 Å². The van der Waals surface area contributed by atoms with E-state index in [1.807, 2.05) is 4.90 Å². The zero-order valence-corrected chi connectivity index (χ0v) is 15.9. The summed E-state index contributed by atoms with van der Waals surface area (Å²) in [6.45, 7) is 2.54. The number of hydrogen-bond donors (Lipinski definition) is 0. The van der Waals surface area contributed by atoms with Gasteiger partial charge in [0.2, 0.25) is 0 Å². The molecule has 3 rings (SSSR count). The number of carbonyl (C=O) groups excluding carboxylic acids is 1. The Balaban J connectivity index is 1.62. The fraction of sp³-hybridized carbons (Fsp3) is 0.300. The highest BCUT2D eigenvalue weighted by atomic mass is 16.6. The van der Waals surface area contributed by atoms with E-state index in [-0.39, 0.29) is 12.3 Å². The standard InChI is InChI=1S/C20H21N3O6/c1-27-20(24)17-5-2-15(3-6-17)14-29-21-13-16-4-7-18(19(12-16)23(25)26)22-8-10-28-11-9-22/h2-7,12-13H,8-11,14H2,1H3/b21-13-. The molecule has 0 radical (unpaired) electrons. The quantitative estimate of drug-likeness (QED) is 0.305. The first kappa shape index (κ1) is 20.3. The molecule has 0 saturated carbocycles. The van der Waals surface area contributed by atoms with Gasteiger partial charge in [-0.3, -0.25) is 10.1 Å². The number of anilines is 1. The fourth-order valence-corrected chi connectivity index (χ4v) is 2.90. The Bertz CT molecular complexity index is 892. The van der Waals surface area contributed by atoms with Crippen molar-refractivity contribution < 1.29 is 24.0 Å². The lowest BCUT2D eigenvalue weighted by Crippen LogP contribution is -2.36. The monoisotopic (exact) mass is 399 g/mol. The molecular weight excluding hydrogens is 378 g/mol. The maximum absolute atomic E-state index is 11.5. The van der Waals surface area contributed by atoms with Crippen molar-refractivity contribution in [2.45, 2.75) is 6.61 Å². The maximum Gasteiger partial charge on any atom is 0.337 e. The summed E-state index contributed by atoms with van der Waals surface area (Å²) in [5, 5.41) is 15.3. The van der Waals surface area contributed by atoms with Crippen LogP contribution in [0.1, 0.15) is 21.5 Å². The molecule has 1 aliphatic rings. The Kier molecular flexibility index (Phi) is 6.75. The number of nitro groups is 1. The van der Waals surface area contributed by atoms with Crippen molar-refractivity contribution >= 4 is 23.6 Å². The lowest BCUT2D eigenvalue weighted by molar-refractivity contribution is -0.384. The third-order valence-electron chi connectivity index (χ3n) is 4.43. The van der Waals surface area contributed by atoms with Crippen LogP contribution < -0.4 is 4.90 Å². The first-order valence-corrected chi connectivity index (χ1v) is 9.02. The van der Waals surface area contributed by atoms with Crippen molar-refractivity contribution in [2.75, 3.05) is 38.3 Å². The predicted octanol–water partition coefficient (Wildman–Crippen LogP) is 2.77. The van der Waals surface area contributed by atoms with Gasteiger partial charge in [-0.05, 0) is 23.8 Å². The van der Waals surface area contributed by atoms with E-state index in [4.69, 9.17) is 9.57 Å². The first-order valence-electron chi connectivity index (χ1n) is 9.02. The van der Waals surface area contributed by atoms with Crippen molar-refractivity contribution in [1.82, 2.24) is 0 Å². The average molecular weight is 399 g/mol. The van der Waals surface area contributed by atoms with Gasteiger partial charge in [0.15, 0.2) is 0 Å². The number of benzene rings is 2. The molecule has 0 aromatic heterocycles. The van der Waals surface area contributed by atoms with Gasteiger partial charge in [0.05, 0.1) is 37.0 Å². The zero-order chi connectivity index (χ0) is 20.6. The van der Waals surface area contributed by atoms with Crippen LogP contribution in [0.2, 0.25) is 0 Å². The van der Waals surface area contributed by atoms with E-state index in [2.05, 4.69) is 9.89 Å². The molecule has 29 heavy (non-hydrogen) atoms. The number of carbonyl (C=O) groups is 1. The lowest BCUT2D eigenvalue weighted by Gasteiger charge is -2.28. The summed E-state index contributed by atoms with van der Waals surface area (Å²) in [4.78, 5) is 29.7. The van der Waals surface area contributed by atoms with Gasteiger partial charge in [0, 0.05) is 24.7 Å². The van der Waals surface area contributed by atoms with Crippen LogP contribution in [0.15, 0.2) is 47.6 Å². The number of methoxy groups -OCH3 is 1. The molecule has 0 N–H and O–H groups in total. The summed E-state index contributed by atoms with van der Waals surface area (Å²) in [7, 11) is 1.33. The Morgan fingerprint density at radius 1 is 1.24 bits per heavy atom. The summed E-state index contributed by atoms with van der Waals surface area (Å²) in [6.07, 6.45) is 1.43. The van der Waals surface area contributed by atoms with Crippen molar-refractivity contribution in [3.8, 4) is 0 Å². The second-order valence-electron chi connectivity index (χ2n) is 6.30. The molecule has 2 aromatic rings. The second kappa shape index (κ2) is 9.65. The number of morpholine rings is 1. The summed E-state index contributed by atoms with van der Waals surface area (Å²) in [5.41, 5.74) is 2.43. The number of oxime groups is 1. The van der Waals surface area contributed by atoms with Crippen LogP contribution >= 0.6 is 0 Å². The largest absolute Gasteiger partial charge is 0.465 e. The number of esters is 1. The number of hydrogen-bond acceptors (Lipinski definition) is 8. The van der Waals surface area contributed by atoms with E-state index in [0.717, 1.165) is 5.56 Å². The summed E-state index contributed by atoms with van der Waals surface area (Å²) >= 11 is 0. The van der Waals surface area contributed by atoms with Crippen LogP contribution in [0, 0.1) is 10.1 Å². The molecule has 1 fully saturated rings. The van der Waals surface area contributed by atoms with Gasteiger partial charge < -0.3 is 19.2 Å². The minimum absolute atomic E-state index is 0.0225. The molecule has 0 unspecified atom stereocenters. The van der Waals surface area contributed by atoms with Crippen LogP contribution in [0.25, 0.3) is 0 Å². The molecule has 1 heterocycles. The van der Waals surface area contributed by atoms with E-state index < -0.39 is 10.9 Å². The highest BCUT2D eigenvalue weighted by Gasteiger charge is 2.21. The minimum Gasteiger partial charge on any atom is -0.465 e.